The third kappa shape index (κ3) is 4.01. The van der Waals surface area contributed by atoms with Crippen LogP contribution in [0.2, 0.25) is 0 Å². The van der Waals surface area contributed by atoms with Crippen molar-refractivity contribution in [3.63, 3.8) is 0 Å². The Morgan fingerprint density at radius 2 is 1.91 bits per heavy atom. The topological polar surface area (TPSA) is 89.6 Å². The van der Waals surface area contributed by atoms with E-state index < -0.39 is 0 Å². The Labute approximate surface area is 202 Å². The second kappa shape index (κ2) is 8.74. The molecule has 1 saturated heterocycles. The average Bonchev–Trinajstić information content (AvgIpc) is 3.47. The first-order valence-corrected chi connectivity index (χ1v) is 11.9. The third-order valence-electron chi connectivity index (χ3n) is 6.52. The molecule has 0 amide bonds. The van der Waals surface area contributed by atoms with E-state index in [4.69, 9.17) is 4.98 Å². The standard InChI is InChI=1S/C26H27FN8/c1-34(2)15-16-10-17(14-28-13-16)18-11-19-22(12-20(18)27)32-33-23(19)25-30-21-6-7-29-26(24(21)31-25)35-8-4-3-5-9-35/h6-7,10-14H,3-5,8-9,15H2,1-2H3,(H,30,31)(H,32,33). The number of pyridine rings is 2. The molecule has 0 unspecified atom stereocenters. The number of anilines is 1. The highest BCUT2D eigenvalue weighted by atomic mass is 19.1. The number of rotatable bonds is 5. The summed E-state index contributed by atoms with van der Waals surface area (Å²) in [6, 6.07) is 7.23. The molecule has 5 aromatic rings. The molecule has 1 aliphatic rings. The first-order valence-electron chi connectivity index (χ1n) is 11.9. The van der Waals surface area contributed by atoms with Gasteiger partial charge in [-0.25, -0.2) is 14.4 Å². The molecular weight excluding hydrogens is 443 g/mol. The number of hydrogen-bond donors (Lipinski definition) is 2. The number of benzene rings is 1. The van der Waals surface area contributed by atoms with E-state index in [1.807, 2.05) is 44.7 Å². The van der Waals surface area contributed by atoms with E-state index in [-0.39, 0.29) is 5.82 Å². The predicted octanol–water partition coefficient (Wildman–Crippen LogP) is 4.75. The highest BCUT2D eigenvalue weighted by Crippen LogP contribution is 2.34. The van der Waals surface area contributed by atoms with E-state index >= 15 is 4.39 Å². The fraction of sp³-hybridized carbons (Fsp3) is 0.308. The summed E-state index contributed by atoms with van der Waals surface area (Å²) in [6.07, 6.45) is 8.91. The number of H-pyrrole nitrogens is 2. The molecule has 0 radical (unpaired) electrons. The molecule has 0 spiro atoms. The van der Waals surface area contributed by atoms with Gasteiger partial charge in [0.1, 0.15) is 17.0 Å². The van der Waals surface area contributed by atoms with Gasteiger partial charge >= 0.3 is 0 Å². The van der Waals surface area contributed by atoms with Crippen molar-refractivity contribution < 1.29 is 4.39 Å². The maximum atomic E-state index is 15.1. The fourth-order valence-electron chi connectivity index (χ4n) is 4.90. The molecule has 0 aliphatic carbocycles. The van der Waals surface area contributed by atoms with Crippen LogP contribution in [0.5, 0.6) is 0 Å². The van der Waals surface area contributed by atoms with Crippen LogP contribution in [0.4, 0.5) is 10.2 Å². The lowest BCUT2D eigenvalue weighted by Gasteiger charge is -2.27. The summed E-state index contributed by atoms with van der Waals surface area (Å²) < 4.78 is 15.1. The Morgan fingerprint density at radius 1 is 1.06 bits per heavy atom. The smallest absolute Gasteiger partial charge is 0.159 e. The Morgan fingerprint density at radius 3 is 2.74 bits per heavy atom. The minimum atomic E-state index is -0.322. The summed E-state index contributed by atoms with van der Waals surface area (Å²) in [4.78, 5) is 21.6. The van der Waals surface area contributed by atoms with Gasteiger partial charge < -0.3 is 14.8 Å². The van der Waals surface area contributed by atoms with Crippen molar-refractivity contribution >= 4 is 27.8 Å². The van der Waals surface area contributed by atoms with Gasteiger partial charge in [-0.15, -0.1) is 0 Å². The first kappa shape index (κ1) is 21.7. The number of nitrogens with zero attached hydrogens (tertiary/aromatic N) is 6. The predicted molar refractivity (Wildman–Crippen MR) is 136 cm³/mol. The van der Waals surface area contributed by atoms with E-state index in [1.165, 1.54) is 12.5 Å². The van der Waals surface area contributed by atoms with Gasteiger partial charge in [-0.3, -0.25) is 10.1 Å². The van der Waals surface area contributed by atoms with Gasteiger partial charge in [0.05, 0.1) is 11.0 Å². The second-order valence-electron chi connectivity index (χ2n) is 9.43. The summed E-state index contributed by atoms with van der Waals surface area (Å²) in [5.74, 6) is 1.22. The molecule has 35 heavy (non-hydrogen) atoms. The number of fused-ring (bicyclic) bond motifs is 2. The lowest BCUT2D eigenvalue weighted by atomic mass is 10.0. The maximum absolute atomic E-state index is 15.1. The molecule has 6 rings (SSSR count). The maximum Gasteiger partial charge on any atom is 0.159 e. The van der Waals surface area contributed by atoms with Crippen LogP contribution >= 0.6 is 0 Å². The zero-order valence-corrected chi connectivity index (χ0v) is 19.8. The molecule has 1 aromatic carbocycles. The molecule has 9 heteroatoms. The Bertz CT molecular complexity index is 1510. The number of piperidine rings is 1. The number of hydrogen-bond acceptors (Lipinski definition) is 6. The lowest BCUT2D eigenvalue weighted by Crippen LogP contribution is -2.30. The zero-order chi connectivity index (χ0) is 23.9. The normalized spacial score (nSPS) is 14.5. The Kier molecular flexibility index (Phi) is 5.41. The molecule has 1 aliphatic heterocycles. The average molecular weight is 471 g/mol. The molecule has 4 aromatic heterocycles. The quantitative estimate of drug-likeness (QED) is 0.385. The van der Waals surface area contributed by atoms with Gasteiger partial charge in [-0.05, 0) is 57.1 Å². The first-order chi connectivity index (χ1) is 17.1. The molecule has 178 valence electrons. The number of nitrogens with one attached hydrogen (secondary N) is 2. The second-order valence-corrected chi connectivity index (χ2v) is 9.43. The van der Waals surface area contributed by atoms with Crippen LogP contribution in [0, 0.1) is 5.82 Å². The monoisotopic (exact) mass is 470 g/mol. The van der Waals surface area contributed by atoms with Gasteiger partial charge in [0.2, 0.25) is 0 Å². The van der Waals surface area contributed by atoms with Crippen LogP contribution in [0.25, 0.3) is 44.6 Å². The molecular formula is C26H27FN8. The van der Waals surface area contributed by atoms with Gasteiger partial charge in [0, 0.05) is 60.8 Å². The van der Waals surface area contributed by atoms with Crippen LogP contribution in [0.15, 0.2) is 42.9 Å². The summed E-state index contributed by atoms with van der Waals surface area (Å²) in [5.41, 5.74) is 5.26. The zero-order valence-electron chi connectivity index (χ0n) is 19.8. The van der Waals surface area contributed by atoms with Crippen molar-refractivity contribution in [1.29, 1.82) is 0 Å². The molecule has 2 N–H and O–H groups in total. The van der Waals surface area contributed by atoms with Crippen LogP contribution in [-0.4, -0.2) is 62.2 Å². The van der Waals surface area contributed by atoms with E-state index in [1.54, 1.807) is 6.20 Å². The number of aromatic nitrogens is 6. The number of aromatic amines is 2. The van der Waals surface area contributed by atoms with Gasteiger partial charge in [-0.1, -0.05) is 0 Å². The Hall–Kier alpha value is -3.85. The summed E-state index contributed by atoms with van der Waals surface area (Å²) in [7, 11) is 3.99. The SMILES string of the molecule is CN(C)Cc1cncc(-c2cc3c(-c4nc5c(N6CCCCC6)nccc5[nH]4)n[nH]c3cc2F)c1. The summed E-state index contributed by atoms with van der Waals surface area (Å²) >= 11 is 0. The minimum Gasteiger partial charge on any atom is -0.355 e. The number of imidazole rings is 1. The minimum absolute atomic E-state index is 0.322. The van der Waals surface area contributed by atoms with Crippen LogP contribution in [0.1, 0.15) is 24.8 Å². The third-order valence-corrected chi connectivity index (χ3v) is 6.52. The lowest BCUT2D eigenvalue weighted by molar-refractivity contribution is 0.402. The van der Waals surface area contributed by atoms with Gasteiger partial charge in [0.15, 0.2) is 11.6 Å². The number of halogens is 1. The largest absolute Gasteiger partial charge is 0.355 e. The van der Waals surface area contributed by atoms with Gasteiger partial charge in [0.25, 0.3) is 0 Å². The van der Waals surface area contributed by atoms with Crippen molar-refractivity contribution in [2.75, 3.05) is 32.1 Å². The molecule has 8 nitrogen and oxygen atoms in total. The molecule has 1 fully saturated rings. The van der Waals surface area contributed by atoms with Crippen LogP contribution in [0.3, 0.4) is 0 Å². The van der Waals surface area contributed by atoms with Gasteiger partial charge in [-0.2, -0.15) is 5.10 Å². The molecule has 0 saturated carbocycles. The highest BCUT2D eigenvalue weighted by molar-refractivity contribution is 5.97. The van der Waals surface area contributed by atoms with Crippen LogP contribution < -0.4 is 4.90 Å². The van der Waals surface area contributed by atoms with Crippen molar-refractivity contribution in [2.24, 2.45) is 0 Å². The molecule has 0 bridgehead atoms. The van der Waals surface area contributed by atoms with E-state index in [0.29, 0.717) is 22.6 Å². The highest BCUT2D eigenvalue weighted by Gasteiger charge is 2.20. The summed E-state index contributed by atoms with van der Waals surface area (Å²) in [5, 5.41) is 8.26. The van der Waals surface area contributed by atoms with Crippen molar-refractivity contribution in [3.8, 4) is 22.6 Å². The summed E-state index contributed by atoms with van der Waals surface area (Å²) in [6.45, 7) is 2.71. The van der Waals surface area contributed by atoms with E-state index in [9.17, 15) is 0 Å². The van der Waals surface area contributed by atoms with Crippen molar-refractivity contribution in [2.45, 2.75) is 25.8 Å². The molecule has 5 heterocycles. The van der Waals surface area contributed by atoms with Crippen LogP contribution in [-0.2, 0) is 6.54 Å². The van der Waals surface area contributed by atoms with E-state index in [0.717, 1.165) is 65.8 Å². The van der Waals surface area contributed by atoms with Crippen molar-refractivity contribution in [1.82, 2.24) is 35.0 Å². The van der Waals surface area contributed by atoms with Crippen molar-refractivity contribution in [3.05, 3.63) is 54.2 Å². The Balaban J connectivity index is 1.44. The molecule has 0 atom stereocenters. The van der Waals surface area contributed by atoms with E-state index in [2.05, 4.69) is 34.9 Å². The fourth-order valence-corrected chi connectivity index (χ4v) is 4.90.